The highest BCUT2D eigenvalue weighted by Gasteiger charge is 2.22. The number of fused-ring (bicyclic) bond motifs is 1. The number of para-hydroxylation sites is 1. The number of hydrogen-bond donors (Lipinski definition) is 1. The Morgan fingerprint density at radius 2 is 2.19 bits per heavy atom. The Kier molecular flexibility index (Phi) is 3.88. The SMILES string of the molecule is Cc1ncc2c(n1)CCN(C(=O)Nc1ccccc1Br)C2. The van der Waals surface area contributed by atoms with Gasteiger partial charge in [-0.2, -0.15) is 0 Å². The van der Waals surface area contributed by atoms with Gasteiger partial charge in [-0.05, 0) is 35.0 Å². The minimum absolute atomic E-state index is 0.104. The number of rotatable bonds is 1. The summed E-state index contributed by atoms with van der Waals surface area (Å²) in [5.74, 6) is 0.778. The first-order chi connectivity index (χ1) is 10.1. The minimum atomic E-state index is -0.104. The van der Waals surface area contributed by atoms with Gasteiger partial charge in [0, 0.05) is 29.2 Å². The van der Waals surface area contributed by atoms with Crippen LogP contribution in [0.5, 0.6) is 0 Å². The molecule has 0 spiro atoms. The fraction of sp³-hybridized carbons (Fsp3) is 0.267. The standard InChI is InChI=1S/C15H15BrN4O/c1-10-17-8-11-9-20(7-6-13(11)18-10)15(21)19-14-5-3-2-4-12(14)16/h2-5,8H,6-7,9H2,1H3,(H,19,21). The molecule has 0 aliphatic carbocycles. The summed E-state index contributed by atoms with van der Waals surface area (Å²) in [6.07, 6.45) is 2.58. The third kappa shape index (κ3) is 3.05. The van der Waals surface area contributed by atoms with Crippen molar-refractivity contribution >= 4 is 27.6 Å². The van der Waals surface area contributed by atoms with Crippen LogP contribution in [0, 0.1) is 6.92 Å². The van der Waals surface area contributed by atoms with E-state index in [1.165, 1.54) is 0 Å². The lowest BCUT2D eigenvalue weighted by atomic mass is 10.1. The van der Waals surface area contributed by atoms with E-state index in [2.05, 4.69) is 31.2 Å². The molecular weight excluding hydrogens is 332 g/mol. The van der Waals surface area contributed by atoms with Gasteiger partial charge in [0.05, 0.1) is 17.9 Å². The zero-order valence-corrected chi connectivity index (χ0v) is 13.2. The average Bonchev–Trinajstić information content (AvgIpc) is 2.49. The third-order valence-corrected chi connectivity index (χ3v) is 4.15. The summed E-state index contributed by atoms with van der Waals surface area (Å²) in [7, 11) is 0. The van der Waals surface area contributed by atoms with Crippen LogP contribution in [-0.2, 0) is 13.0 Å². The summed E-state index contributed by atoms with van der Waals surface area (Å²) >= 11 is 3.43. The molecule has 0 fully saturated rings. The van der Waals surface area contributed by atoms with Gasteiger partial charge in [0.25, 0.3) is 0 Å². The molecule has 108 valence electrons. The van der Waals surface area contributed by atoms with Crippen LogP contribution in [0.2, 0.25) is 0 Å². The van der Waals surface area contributed by atoms with Crippen molar-refractivity contribution in [3.63, 3.8) is 0 Å². The predicted octanol–water partition coefficient (Wildman–Crippen LogP) is 3.14. The van der Waals surface area contributed by atoms with Crippen molar-refractivity contribution < 1.29 is 4.79 Å². The summed E-state index contributed by atoms with van der Waals surface area (Å²) in [5.41, 5.74) is 2.84. The van der Waals surface area contributed by atoms with Crippen molar-refractivity contribution in [1.82, 2.24) is 14.9 Å². The number of hydrogen-bond acceptors (Lipinski definition) is 3. The van der Waals surface area contributed by atoms with Gasteiger partial charge >= 0.3 is 6.03 Å². The number of nitrogens with one attached hydrogen (secondary N) is 1. The van der Waals surface area contributed by atoms with Gasteiger partial charge in [0.15, 0.2) is 0 Å². The number of aryl methyl sites for hydroxylation is 1. The average molecular weight is 347 g/mol. The van der Waals surface area contributed by atoms with Gasteiger partial charge in [-0.3, -0.25) is 0 Å². The highest BCUT2D eigenvalue weighted by atomic mass is 79.9. The van der Waals surface area contributed by atoms with Gasteiger partial charge < -0.3 is 10.2 Å². The van der Waals surface area contributed by atoms with E-state index in [0.717, 1.165) is 33.7 Å². The van der Waals surface area contributed by atoms with Gasteiger partial charge in [0.1, 0.15) is 5.82 Å². The zero-order chi connectivity index (χ0) is 14.8. The van der Waals surface area contributed by atoms with Crippen LogP contribution < -0.4 is 5.32 Å². The Bertz CT molecular complexity index is 689. The zero-order valence-electron chi connectivity index (χ0n) is 11.6. The summed E-state index contributed by atoms with van der Waals surface area (Å²) in [6.45, 7) is 3.10. The third-order valence-electron chi connectivity index (χ3n) is 3.46. The summed E-state index contributed by atoms with van der Waals surface area (Å²) in [5, 5.41) is 2.92. The number of nitrogens with zero attached hydrogens (tertiary/aromatic N) is 3. The minimum Gasteiger partial charge on any atom is -0.320 e. The Morgan fingerprint density at radius 1 is 1.38 bits per heavy atom. The number of carbonyl (C=O) groups is 1. The number of anilines is 1. The molecule has 1 aromatic heterocycles. The number of carbonyl (C=O) groups excluding carboxylic acids is 1. The van der Waals surface area contributed by atoms with Crippen LogP contribution in [0.25, 0.3) is 0 Å². The molecule has 2 heterocycles. The van der Waals surface area contributed by atoms with Crippen LogP contribution in [0.4, 0.5) is 10.5 Å². The van der Waals surface area contributed by atoms with E-state index in [4.69, 9.17) is 0 Å². The molecule has 5 nitrogen and oxygen atoms in total. The Labute approximate surface area is 131 Å². The Hall–Kier alpha value is -1.95. The van der Waals surface area contributed by atoms with E-state index >= 15 is 0 Å². The van der Waals surface area contributed by atoms with Crippen molar-refractivity contribution in [2.45, 2.75) is 19.9 Å². The monoisotopic (exact) mass is 346 g/mol. The maximum absolute atomic E-state index is 12.3. The first-order valence-electron chi connectivity index (χ1n) is 6.75. The molecule has 1 aromatic carbocycles. The quantitative estimate of drug-likeness (QED) is 0.862. The van der Waals surface area contributed by atoms with E-state index in [9.17, 15) is 4.79 Å². The summed E-state index contributed by atoms with van der Waals surface area (Å²) < 4.78 is 0.870. The molecule has 0 atom stereocenters. The second-order valence-corrected chi connectivity index (χ2v) is 5.83. The van der Waals surface area contributed by atoms with E-state index in [0.29, 0.717) is 13.1 Å². The molecule has 3 rings (SSSR count). The fourth-order valence-corrected chi connectivity index (χ4v) is 2.73. The van der Waals surface area contributed by atoms with Gasteiger partial charge in [-0.25, -0.2) is 14.8 Å². The maximum atomic E-state index is 12.3. The van der Waals surface area contributed by atoms with Crippen molar-refractivity contribution in [3.05, 3.63) is 52.0 Å². The molecule has 2 amide bonds. The van der Waals surface area contributed by atoms with Gasteiger partial charge in [-0.1, -0.05) is 12.1 Å². The van der Waals surface area contributed by atoms with Crippen LogP contribution in [0.1, 0.15) is 17.1 Å². The normalized spacial score (nSPS) is 13.7. The van der Waals surface area contributed by atoms with Crippen molar-refractivity contribution in [2.24, 2.45) is 0 Å². The van der Waals surface area contributed by atoms with Crippen LogP contribution in [0.15, 0.2) is 34.9 Å². The van der Waals surface area contributed by atoms with Crippen LogP contribution >= 0.6 is 15.9 Å². The van der Waals surface area contributed by atoms with Crippen LogP contribution in [-0.4, -0.2) is 27.4 Å². The van der Waals surface area contributed by atoms with Gasteiger partial charge in [0.2, 0.25) is 0 Å². The molecular formula is C15H15BrN4O. The molecule has 6 heteroatoms. The molecule has 1 N–H and O–H groups in total. The molecule has 2 aromatic rings. The number of aromatic nitrogens is 2. The Morgan fingerprint density at radius 3 is 3.00 bits per heavy atom. The number of benzene rings is 1. The second-order valence-electron chi connectivity index (χ2n) is 4.97. The highest BCUT2D eigenvalue weighted by molar-refractivity contribution is 9.10. The van der Waals surface area contributed by atoms with Gasteiger partial charge in [-0.15, -0.1) is 0 Å². The molecule has 1 aliphatic heterocycles. The van der Waals surface area contributed by atoms with Crippen LogP contribution in [0.3, 0.4) is 0 Å². The van der Waals surface area contributed by atoms with Crippen molar-refractivity contribution in [3.8, 4) is 0 Å². The van der Waals surface area contributed by atoms with E-state index in [-0.39, 0.29) is 6.03 Å². The predicted molar refractivity (Wildman–Crippen MR) is 84.0 cm³/mol. The molecule has 21 heavy (non-hydrogen) atoms. The molecule has 0 radical (unpaired) electrons. The molecule has 0 saturated heterocycles. The lowest BCUT2D eigenvalue weighted by molar-refractivity contribution is 0.205. The Balaban J connectivity index is 1.73. The maximum Gasteiger partial charge on any atom is 0.322 e. The fourth-order valence-electron chi connectivity index (χ4n) is 2.35. The summed E-state index contributed by atoms with van der Waals surface area (Å²) in [6, 6.07) is 7.47. The lowest BCUT2D eigenvalue weighted by Crippen LogP contribution is -2.39. The lowest BCUT2D eigenvalue weighted by Gasteiger charge is -2.28. The summed E-state index contributed by atoms with van der Waals surface area (Å²) in [4.78, 5) is 22.8. The number of halogens is 1. The van der Waals surface area contributed by atoms with E-state index in [1.54, 1.807) is 4.90 Å². The number of amides is 2. The molecule has 0 unspecified atom stereocenters. The van der Waals surface area contributed by atoms with E-state index in [1.807, 2.05) is 37.4 Å². The molecule has 1 aliphatic rings. The second kappa shape index (κ2) is 5.81. The first-order valence-corrected chi connectivity index (χ1v) is 7.54. The first kappa shape index (κ1) is 14.0. The number of urea groups is 1. The topological polar surface area (TPSA) is 58.1 Å². The van der Waals surface area contributed by atoms with Crippen molar-refractivity contribution in [1.29, 1.82) is 0 Å². The highest BCUT2D eigenvalue weighted by Crippen LogP contribution is 2.23. The van der Waals surface area contributed by atoms with Crippen molar-refractivity contribution in [2.75, 3.05) is 11.9 Å². The van der Waals surface area contributed by atoms with E-state index < -0.39 is 0 Å². The molecule has 0 bridgehead atoms. The smallest absolute Gasteiger partial charge is 0.320 e. The largest absolute Gasteiger partial charge is 0.322 e. The molecule has 0 saturated carbocycles.